The summed E-state index contributed by atoms with van der Waals surface area (Å²) in [6, 6.07) is 9.44. The Morgan fingerprint density at radius 2 is 1.68 bits per heavy atom. The number of anilines is 1. The summed E-state index contributed by atoms with van der Waals surface area (Å²) in [6.45, 7) is 10.8. The molecular weight excluding hydrogens is 498 g/mol. The molecule has 2 N–H and O–H groups in total. The minimum atomic E-state index is -2.44. The van der Waals surface area contributed by atoms with Crippen LogP contribution in [0.3, 0.4) is 0 Å². The molecule has 0 amide bonds. The van der Waals surface area contributed by atoms with Gasteiger partial charge in [-0.2, -0.15) is 0 Å². The third-order valence-electron chi connectivity index (χ3n) is 8.41. The quantitative estimate of drug-likeness (QED) is 0.194. The Kier molecular flexibility index (Phi) is 7.57. The van der Waals surface area contributed by atoms with Gasteiger partial charge in [-0.3, -0.25) is 4.79 Å². The first-order valence-electron chi connectivity index (χ1n) is 13.2. The van der Waals surface area contributed by atoms with Crippen LogP contribution in [0.4, 0.5) is 5.88 Å². The molecule has 0 unspecified atom stereocenters. The van der Waals surface area contributed by atoms with E-state index < -0.39 is 20.0 Å². The minimum Gasteiger partial charge on any atom is -0.477 e. The first kappa shape index (κ1) is 27.6. The molecule has 0 spiro atoms. The molecule has 0 saturated heterocycles. The van der Waals surface area contributed by atoms with Gasteiger partial charge in [-0.05, 0) is 34.2 Å². The summed E-state index contributed by atoms with van der Waals surface area (Å²) in [5.74, 6) is -1.87. The van der Waals surface area contributed by atoms with Crippen molar-refractivity contribution in [1.82, 2.24) is 0 Å². The van der Waals surface area contributed by atoms with E-state index in [1.807, 2.05) is 30.3 Å². The highest BCUT2D eigenvalue weighted by molar-refractivity contribution is 6.94. The van der Waals surface area contributed by atoms with Crippen molar-refractivity contribution in [2.24, 2.45) is 0 Å². The fourth-order valence-corrected chi connectivity index (χ4v) is 7.92. The van der Waals surface area contributed by atoms with E-state index in [2.05, 4.69) is 39.2 Å². The number of nitrogens with one attached hydrogen (secondary N) is 1. The maximum atomic E-state index is 13.2. The van der Waals surface area contributed by atoms with Gasteiger partial charge >= 0.3 is 11.9 Å². The van der Waals surface area contributed by atoms with Crippen molar-refractivity contribution in [3.05, 3.63) is 47.0 Å². The molecule has 0 aliphatic heterocycles. The molecule has 38 heavy (non-hydrogen) atoms. The van der Waals surface area contributed by atoms with E-state index in [0.29, 0.717) is 11.1 Å². The molecule has 202 valence electrons. The molecule has 8 heteroatoms. The Bertz CT molecular complexity index is 1340. The van der Waals surface area contributed by atoms with E-state index in [1.165, 1.54) is 7.11 Å². The van der Waals surface area contributed by atoms with Crippen molar-refractivity contribution in [2.45, 2.75) is 77.0 Å². The number of methoxy groups -OCH3 is 1. The highest BCUT2D eigenvalue weighted by Crippen LogP contribution is 2.47. The Hall–Kier alpha value is -3.39. The molecule has 7 nitrogen and oxygen atoms in total. The number of fused-ring (bicyclic) bond motifs is 1. The number of esters is 1. The molecule has 1 fully saturated rings. The lowest BCUT2D eigenvalue weighted by atomic mass is 9.95. The Morgan fingerprint density at radius 1 is 1.05 bits per heavy atom. The van der Waals surface area contributed by atoms with Crippen LogP contribution in [0.2, 0.25) is 18.1 Å². The second kappa shape index (κ2) is 10.4. The number of ether oxygens (including phenoxy) is 1. The molecule has 0 aromatic carbocycles. The highest BCUT2D eigenvalue weighted by atomic mass is 28.3. The molecule has 1 heterocycles. The van der Waals surface area contributed by atoms with Gasteiger partial charge in [0.2, 0.25) is 5.88 Å². The van der Waals surface area contributed by atoms with Crippen LogP contribution in [-0.4, -0.2) is 44.6 Å². The fourth-order valence-electron chi connectivity index (χ4n) is 5.43. The van der Waals surface area contributed by atoms with E-state index in [0.717, 1.165) is 54.7 Å². The zero-order chi connectivity index (χ0) is 27.8. The highest BCUT2D eigenvalue weighted by Gasteiger charge is 2.45. The van der Waals surface area contributed by atoms with Crippen molar-refractivity contribution in [3.63, 3.8) is 0 Å². The lowest BCUT2D eigenvalue weighted by molar-refractivity contribution is 0.0584. The number of carbonyl (C=O) groups is 3. The lowest BCUT2D eigenvalue weighted by Gasteiger charge is -2.38. The largest absolute Gasteiger partial charge is 0.477 e. The van der Waals surface area contributed by atoms with Crippen LogP contribution in [0.15, 0.2) is 34.7 Å². The predicted octanol–water partition coefficient (Wildman–Crippen LogP) is 6.81. The van der Waals surface area contributed by atoms with Gasteiger partial charge in [0.05, 0.1) is 15.2 Å². The van der Waals surface area contributed by atoms with Gasteiger partial charge in [-0.15, -0.1) is 0 Å². The van der Waals surface area contributed by atoms with Crippen LogP contribution in [0, 0.1) is 0 Å². The molecule has 1 aromatic rings. The van der Waals surface area contributed by atoms with Crippen LogP contribution in [0.25, 0.3) is 22.5 Å². The van der Waals surface area contributed by atoms with Crippen molar-refractivity contribution in [3.8, 4) is 22.5 Å². The van der Waals surface area contributed by atoms with Gasteiger partial charge < -0.3 is 19.6 Å². The molecule has 1 aromatic heterocycles. The number of aldehydes is 1. The average Bonchev–Trinajstić information content (AvgIpc) is 3.28. The van der Waals surface area contributed by atoms with Gasteiger partial charge in [0, 0.05) is 17.2 Å². The normalized spacial score (nSPS) is 14.9. The van der Waals surface area contributed by atoms with Gasteiger partial charge in [-0.25, -0.2) is 9.59 Å². The summed E-state index contributed by atoms with van der Waals surface area (Å²) in [5, 5.41) is 14.3. The summed E-state index contributed by atoms with van der Waals surface area (Å²) in [7, 11) is -1.21. The SMILES string of the molecule is COC(=O)c1c(-c2c3cccccc-3c(C=O)c2[Si](C)(C)C(C)(C)C)oc(NC2CCCCC2)c1C(=O)O. The average molecular weight is 536 g/mol. The van der Waals surface area contributed by atoms with Crippen LogP contribution < -0.4 is 10.5 Å². The molecule has 0 radical (unpaired) electrons. The molecule has 3 aliphatic carbocycles. The van der Waals surface area contributed by atoms with Crippen LogP contribution >= 0.6 is 0 Å². The number of carboxylic acids is 1. The van der Waals surface area contributed by atoms with Crippen molar-refractivity contribution in [1.29, 1.82) is 0 Å². The summed E-state index contributed by atoms with van der Waals surface area (Å²) < 4.78 is 11.5. The second-order valence-corrected chi connectivity index (χ2v) is 16.9. The van der Waals surface area contributed by atoms with Gasteiger partial charge in [0.25, 0.3) is 0 Å². The van der Waals surface area contributed by atoms with Crippen molar-refractivity contribution < 1.29 is 28.6 Å². The monoisotopic (exact) mass is 535 g/mol. The third kappa shape index (κ3) is 4.66. The summed E-state index contributed by atoms with van der Waals surface area (Å²) in [4.78, 5) is 38.5. The zero-order valence-corrected chi connectivity index (χ0v) is 24.1. The minimum absolute atomic E-state index is 0.0472. The van der Waals surface area contributed by atoms with E-state index in [1.54, 1.807) is 0 Å². The molecule has 1 saturated carbocycles. The number of carboxylic acid groups (broad SMARTS) is 1. The first-order chi connectivity index (χ1) is 17.9. The maximum absolute atomic E-state index is 13.2. The Morgan fingerprint density at radius 3 is 2.24 bits per heavy atom. The number of carbonyl (C=O) groups excluding carboxylic acids is 2. The van der Waals surface area contributed by atoms with E-state index in [9.17, 15) is 19.5 Å². The smallest absolute Gasteiger partial charge is 0.342 e. The molecule has 4 rings (SSSR count). The van der Waals surface area contributed by atoms with Gasteiger partial charge in [-0.1, -0.05) is 83.5 Å². The maximum Gasteiger partial charge on any atom is 0.342 e. The van der Waals surface area contributed by atoms with E-state index in [-0.39, 0.29) is 33.9 Å². The molecular formula is C30H37NO6Si. The molecule has 0 bridgehead atoms. The fraction of sp³-hybridized carbons (Fsp3) is 0.433. The van der Waals surface area contributed by atoms with Crippen LogP contribution in [0.5, 0.6) is 0 Å². The Balaban J connectivity index is 2.13. The number of hydrogen-bond acceptors (Lipinski definition) is 6. The molecule has 0 atom stereocenters. The van der Waals surface area contributed by atoms with Crippen molar-refractivity contribution >= 4 is 37.4 Å². The summed E-state index contributed by atoms with van der Waals surface area (Å²) in [5.41, 5.74) is 2.27. The van der Waals surface area contributed by atoms with E-state index in [4.69, 9.17) is 9.15 Å². The first-order valence-corrected chi connectivity index (χ1v) is 16.2. The van der Waals surface area contributed by atoms with E-state index >= 15 is 0 Å². The summed E-state index contributed by atoms with van der Waals surface area (Å²) in [6.07, 6.45) is 5.88. The zero-order valence-electron chi connectivity index (χ0n) is 23.1. The standard InChI is InChI=1S/C30H37NO6Si/c1-30(2,3)38(5,6)26-21(17-32)19-15-11-8-12-16-20(19)22(26)25-23(29(35)36-4)24(28(33)34)27(37-25)31-18-13-9-7-10-14-18/h8,11-12,15-18,31H,7,9-10,13-14H2,1-6H3,(H,33,34). The Labute approximate surface area is 224 Å². The lowest BCUT2D eigenvalue weighted by Crippen LogP contribution is -2.51. The topological polar surface area (TPSA) is 106 Å². The van der Waals surface area contributed by atoms with Crippen molar-refractivity contribution in [2.75, 3.05) is 12.4 Å². The van der Waals surface area contributed by atoms with Crippen LogP contribution in [0.1, 0.15) is 83.9 Å². The second-order valence-electron chi connectivity index (χ2n) is 11.7. The van der Waals surface area contributed by atoms with Gasteiger partial charge in [0.15, 0.2) is 12.0 Å². The van der Waals surface area contributed by atoms with Gasteiger partial charge in [0.1, 0.15) is 11.1 Å². The number of rotatable bonds is 7. The predicted molar refractivity (Wildman–Crippen MR) is 152 cm³/mol. The summed E-state index contributed by atoms with van der Waals surface area (Å²) >= 11 is 0. The molecule has 3 aliphatic rings. The van der Waals surface area contributed by atoms with Crippen LogP contribution in [-0.2, 0) is 4.74 Å². The number of furan rings is 1. The number of aromatic carboxylic acids is 1. The third-order valence-corrected chi connectivity index (χ3v) is 13.9. The number of hydrogen-bond donors (Lipinski definition) is 2.